The number of rotatable bonds is 6. The van der Waals surface area contributed by atoms with Gasteiger partial charge >= 0.3 is 0 Å². The Morgan fingerprint density at radius 1 is 1.41 bits per heavy atom. The second-order valence-electron chi connectivity index (χ2n) is 3.86. The summed E-state index contributed by atoms with van der Waals surface area (Å²) in [4.78, 5) is 11.1. The van der Waals surface area contributed by atoms with Gasteiger partial charge in [-0.1, -0.05) is 31.2 Å². The lowest BCUT2D eigenvalue weighted by molar-refractivity contribution is -0.120. The van der Waals surface area contributed by atoms with E-state index in [4.69, 9.17) is 10.9 Å². The van der Waals surface area contributed by atoms with Crippen molar-refractivity contribution in [2.24, 2.45) is 5.84 Å². The van der Waals surface area contributed by atoms with Crippen molar-refractivity contribution in [2.45, 2.75) is 24.3 Å². The van der Waals surface area contributed by atoms with Gasteiger partial charge in [-0.25, -0.2) is 5.84 Å². The molecular weight excluding hydrogens is 236 g/mol. The maximum Gasteiger partial charge on any atom is 0.238 e. The van der Waals surface area contributed by atoms with E-state index in [-0.39, 0.29) is 17.8 Å². The number of hydrogen-bond donors (Lipinski definition) is 3. The van der Waals surface area contributed by atoms with E-state index in [0.717, 1.165) is 11.3 Å². The quantitative estimate of drug-likeness (QED) is 0.399. The van der Waals surface area contributed by atoms with E-state index < -0.39 is 0 Å². The van der Waals surface area contributed by atoms with Crippen LogP contribution in [0.2, 0.25) is 0 Å². The Kier molecular flexibility index (Phi) is 6.04. The highest BCUT2D eigenvalue weighted by Crippen LogP contribution is 2.17. The summed E-state index contributed by atoms with van der Waals surface area (Å²) in [6.07, 6.45) is 0.303. The Hall–Kier alpha value is -1.04. The monoisotopic (exact) mass is 254 g/mol. The van der Waals surface area contributed by atoms with Gasteiger partial charge in [-0.05, 0) is 11.1 Å². The van der Waals surface area contributed by atoms with E-state index in [1.165, 1.54) is 5.56 Å². The van der Waals surface area contributed by atoms with E-state index >= 15 is 0 Å². The van der Waals surface area contributed by atoms with Gasteiger partial charge in [0.1, 0.15) is 0 Å². The summed E-state index contributed by atoms with van der Waals surface area (Å²) in [5.41, 5.74) is 4.23. The summed E-state index contributed by atoms with van der Waals surface area (Å²) in [5, 5.41) is 9.15. The number of thioether (sulfide) groups is 1. The molecule has 17 heavy (non-hydrogen) atoms. The number of aliphatic hydroxyl groups is 1. The summed E-state index contributed by atoms with van der Waals surface area (Å²) < 4.78 is 0. The molecule has 0 aromatic heterocycles. The molecule has 4 N–H and O–H groups in total. The average Bonchev–Trinajstić information content (AvgIpc) is 2.37. The number of carbonyl (C=O) groups excluding carboxylic acids is 1. The van der Waals surface area contributed by atoms with Crippen LogP contribution in [0.15, 0.2) is 24.3 Å². The van der Waals surface area contributed by atoms with Gasteiger partial charge < -0.3 is 5.11 Å². The van der Waals surface area contributed by atoms with Gasteiger partial charge in [0.25, 0.3) is 0 Å². The maximum atomic E-state index is 11.1. The van der Waals surface area contributed by atoms with Crippen molar-refractivity contribution in [3.63, 3.8) is 0 Å². The fourth-order valence-electron chi connectivity index (χ4n) is 1.28. The molecule has 1 rings (SSSR count). The van der Waals surface area contributed by atoms with Gasteiger partial charge in [-0.3, -0.25) is 10.2 Å². The molecule has 0 bridgehead atoms. The Morgan fingerprint density at radius 2 is 2.00 bits per heavy atom. The number of hydrogen-bond acceptors (Lipinski definition) is 4. The van der Waals surface area contributed by atoms with Crippen molar-refractivity contribution in [2.75, 3.05) is 6.61 Å². The number of benzene rings is 1. The van der Waals surface area contributed by atoms with Gasteiger partial charge in [-0.15, -0.1) is 0 Å². The highest BCUT2D eigenvalue weighted by Gasteiger charge is 2.03. The highest BCUT2D eigenvalue weighted by atomic mass is 32.2. The van der Waals surface area contributed by atoms with Crippen molar-refractivity contribution in [1.82, 2.24) is 5.43 Å². The Labute approximate surface area is 106 Å². The summed E-state index contributed by atoms with van der Waals surface area (Å²) in [6, 6.07) is 7.84. The average molecular weight is 254 g/mol. The van der Waals surface area contributed by atoms with Crippen LogP contribution in [-0.2, 0) is 17.0 Å². The molecule has 4 nitrogen and oxygen atoms in total. The lowest BCUT2D eigenvalue weighted by Gasteiger charge is -2.08. The number of aliphatic hydroxyl groups excluding tert-OH is 1. The Bertz CT molecular complexity index is 354. The molecule has 94 valence electrons. The minimum absolute atomic E-state index is 0.193. The minimum atomic E-state index is -0.193. The first-order chi connectivity index (χ1) is 8.15. The Morgan fingerprint density at radius 3 is 2.53 bits per heavy atom. The van der Waals surface area contributed by atoms with E-state index in [2.05, 4.69) is 5.43 Å². The Balaban J connectivity index is 2.47. The molecule has 1 atom stereocenters. The van der Waals surface area contributed by atoms with Crippen LogP contribution < -0.4 is 11.3 Å². The van der Waals surface area contributed by atoms with Crippen LogP contribution in [0.1, 0.15) is 18.1 Å². The fraction of sp³-hybridized carbons (Fsp3) is 0.417. The van der Waals surface area contributed by atoms with Crippen molar-refractivity contribution in [3.8, 4) is 0 Å². The molecule has 0 saturated carbocycles. The van der Waals surface area contributed by atoms with E-state index in [1.807, 2.05) is 31.2 Å². The minimum Gasteiger partial charge on any atom is -0.395 e. The molecule has 0 aliphatic rings. The third-order valence-electron chi connectivity index (χ3n) is 2.34. The molecule has 0 saturated heterocycles. The van der Waals surface area contributed by atoms with E-state index in [9.17, 15) is 4.79 Å². The zero-order valence-corrected chi connectivity index (χ0v) is 10.7. The normalized spacial score (nSPS) is 12.2. The first kappa shape index (κ1) is 14.0. The summed E-state index contributed by atoms with van der Waals surface area (Å²) >= 11 is 1.70. The zero-order valence-electron chi connectivity index (χ0n) is 9.85. The first-order valence-electron chi connectivity index (χ1n) is 5.45. The third kappa shape index (κ3) is 5.21. The largest absolute Gasteiger partial charge is 0.395 e. The van der Waals surface area contributed by atoms with Crippen molar-refractivity contribution in [1.29, 1.82) is 0 Å². The molecule has 0 radical (unpaired) electrons. The molecule has 0 fully saturated rings. The van der Waals surface area contributed by atoms with Crippen LogP contribution in [0.25, 0.3) is 0 Å². The molecule has 0 heterocycles. The number of hydrazine groups is 1. The second-order valence-corrected chi connectivity index (χ2v) is 5.29. The molecule has 0 aliphatic carbocycles. The second kappa shape index (κ2) is 7.32. The lowest BCUT2D eigenvalue weighted by Crippen LogP contribution is -2.31. The predicted octanol–water partition coefficient (Wildman–Crippen LogP) is 0.833. The third-order valence-corrected chi connectivity index (χ3v) is 3.56. The number of nitrogens with two attached hydrogens (primary N) is 1. The van der Waals surface area contributed by atoms with Crippen molar-refractivity contribution >= 4 is 17.7 Å². The molecule has 1 aromatic rings. The molecule has 5 heteroatoms. The van der Waals surface area contributed by atoms with Crippen molar-refractivity contribution in [3.05, 3.63) is 35.4 Å². The smallest absolute Gasteiger partial charge is 0.238 e. The lowest BCUT2D eigenvalue weighted by atomic mass is 10.1. The maximum absolute atomic E-state index is 11.1. The number of carbonyl (C=O) groups is 1. The van der Waals surface area contributed by atoms with Gasteiger partial charge in [0.2, 0.25) is 5.91 Å². The predicted molar refractivity (Wildman–Crippen MR) is 70.3 cm³/mol. The standard InChI is InChI=1S/C12H18N2O2S/c1-9(7-15)17-8-11-4-2-10(3-5-11)6-12(16)14-13/h2-5,9,15H,6-8,13H2,1H3,(H,14,16). The topological polar surface area (TPSA) is 75.3 Å². The molecule has 1 amide bonds. The summed E-state index contributed by atoms with van der Waals surface area (Å²) in [5.74, 6) is 5.69. The molecule has 0 aliphatic heterocycles. The van der Waals surface area contributed by atoms with Crippen LogP contribution in [0, 0.1) is 0 Å². The number of amides is 1. The van der Waals surface area contributed by atoms with Crippen LogP contribution in [0.4, 0.5) is 0 Å². The molecule has 1 unspecified atom stereocenters. The van der Waals surface area contributed by atoms with Crippen molar-refractivity contribution < 1.29 is 9.90 Å². The van der Waals surface area contributed by atoms with Crippen LogP contribution in [0.3, 0.4) is 0 Å². The van der Waals surface area contributed by atoms with E-state index in [0.29, 0.717) is 6.42 Å². The van der Waals surface area contributed by atoms with E-state index in [1.54, 1.807) is 11.8 Å². The number of nitrogens with one attached hydrogen (secondary N) is 1. The van der Waals surface area contributed by atoms with Crippen LogP contribution in [0.5, 0.6) is 0 Å². The van der Waals surface area contributed by atoms with Gasteiger partial charge in [0.05, 0.1) is 13.0 Å². The molecule has 0 spiro atoms. The SMILES string of the molecule is CC(CO)SCc1ccc(CC(=O)NN)cc1. The van der Waals surface area contributed by atoms with Gasteiger partial charge in [0.15, 0.2) is 0 Å². The van der Waals surface area contributed by atoms with Gasteiger partial charge in [-0.2, -0.15) is 11.8 Å². The zero-order chi connectivity index (χ0) is 12.7. The first-order valence-corrected chi connectivity index (χ1v) is 6.50. The van der Waals surface area contributed by atoms with Gasteiger partial charge in [0, 0.05) is 11.0 Å². The molecule has 1 aromatic carbocycles. The summed E-state index contributed by atoms with van der Waals surface area (Å²) in [6.45, 7) is 2.18. The van der Waals surface area contributed by atoms with Crippen LogP contribution >= 0.6 is 11.8 Å². The molecular formula is C12H18N2O2S. The summed E-state index contributed by atoms with van der Waals surface area (Å²) in [7, 11) is 0. The highest BCUT2D eigenvalue weighted by molar-refractivity contribution is 7.99. The van der Waals surface area contributed by atoms with Crippen LogP contribution in [-0.4, -0.2) is 22.9 Å². The fourth-order valence-corrected chi connectivity index (χ4v) is 2.06.